The number of hydrogen-bond acceptors (Lipinski definition) is 3. The number of carbonyl (C=O) groups is 1. The van der Waals surface area contributed by atoms with Gasteiger partial charge in [-0.25, -0.2) is 0 Å². The van der Waals surface area contributed by atoms with Gasteiger partial charge >= 0.3 is 0 Å². The van der Waals surface area contributed by atoms with Crippen molar-refractivity contribution in [3.05, 3.63) is 29.3 Å². The molecule has 1 aromatic rings. The van der Waals surface area contributed by atoms with Gasteiger partial charge in [0, 0.05) is 25.9 Å². The largest absolute Gasteiger partial charge is 0.490 e. The van der Waals surface area contributed by atoms with Crippen molar-refractivity contribution >= 4 is 5.91 Å². The average Bonchev–Trinajstić information content (AvgIpc) is 2.50. The second-order valence-electron chi connectivity index (χ2n) is 6.63. The first-order valence-corrected chi connectivity index (χ1v) is 8.17. The van der Waals surface area contributed by atoms with Gasteiger partial charge in [-0.1, -0.05) is 32.0 Å². The highest BCUT2D eigenvalue weighted by Crippen LogP contribution is 2.26. The van der Waals surface area contributed by atoms with E-state index >= 15 is 0 Å². The van der Waals surface area contributed by atoms with Gasteiger partial charge in [-0.3, -0.25) is 4.79 Å². The standard InChI is InChI=1S/C18H28N2O2/c1-12(2)16(19)18(21)20-10-8-15(9-11-20)22-17-13(3)6-5-7-14(17)4/h5-7,12,15-16H,8-11,19H2,1-4H3/t16-/m1/s1. The summed E-state index contributed by atoms with van der Waals surface area (Å²) in [4.78, 5) is 14.2. The summed E-state index contributed by atoms with van der Waals surface area (Å²) >= 11 is 0. The van der Waals surface area contributed by atoms with Gasteiger partial charge in [0.05, 0.1) is 6.04 Å². The van der Waals surface area contributed by atoms with Crippen LogP contribution in [0.15, 0.2) is 18.2 Å². The quantitative estimate of drug-likeness (QED) is 0.930. The van der Waals surface area contributed by atoms with E-state index < -0.39 is 6.04 Å². The summed E-state index contributed by atoms with van der Waals surface area (Å²) in [5.41, 5.74) is 8.30. The van der Waals surface area contributed by atoms with E-state index in [-0.39, 0.29) is 17.9 Å². The summed E-state index contributed by atoms with van der Waals surface area (Å²) in [7, 11) is 0. The van der Waals surface area contributed by atoms with Gasteiger partial charge in [0.2, 0.25) is 5.91 Å². The molecule has 122 valence electrons. The van der Waals surface area contributed by atoms with Crippen molar-refractivity contribution in [1.29, 1.82) is 0 Å². The van der Waals surface area contributed by atoms with Crippen LogP contribution in [0.2, 0.25) is 0 Å². The van der Waals surface area contributed by atoms with Crippen LogP contribution in [0.1, 0.15) is 37.8 Å². The molecule has 2 N–H and O–H groups in total. The predicted octanol–water partition coefficient (Wildman–Crippen LogP) is 2.66. The molecule has 1 amide bonds. The number of piperidine rings is 1. The zero-order valence-corrected chi connectivity index (χ0v) is 14.1. The fourth-order valence-corrected chi connectivity index (χ4v) is 2.84. The van der Waals surface area contributed by atoms with E-state index in [1.54, 1.807) is 0 Å². The van der Waals surface area contributed by atoms with Crippen molar-refractivity contribution in [3.8, 4) is 5.75 Å². The number of aryl methyl sites for hydroxylation is 2. The summed E-state index contributed by atoms with van der Waals surface area (Å²) in [6.07, 6.45) is 1.91. The maximum atomic E-state index is 12.3. The summed E-state index contributed by atoms with van der Waals surface area (Å²) in [5.74, 6) is 1.24. The highest BCUT2D eigenvalue weighted by Gasteiger charge is 2.28. The Kier molecular flexibility index (Phi) is 5.46. The van der Waals surface area contributed by atoms with Crippen molar-refractivity contribution in [2.75, 3.05) is 13.1 Å². The number of rotatable bonds is 4. The third-order valence-electron chi connectivity index (χ3n) is 4.45. The summed E-state index contributed by atoms with van der Waals surface area (Å²) < 4.78 is 6.18. The topological polar surface area (TPSA) is 55.6 Å². The maximum absolute atomic E-state index is 12.3. The molecule has 1 atom stereocenters. The highest BCUT2D eigenvalue weighted by molar-refractivity contribution is 5.82. The van der Waals surface area contributed by atoms with E-state index in [9.17, 15) is 4.79 Å². The van der Waals surface area contributed by atoms with Gasteiger partial charge < -0.3 is 15.4 Å². The van der Waals surface area contributed by atoms with Crippen LogP contribution in [0.3, 0.4) is 0 Å². The molecule has 0 aliphatic carbocycles. The van der Waals surface area contributed by atoms with E-state index in [1.807, 2.05) is 24.8 Å². The molecule has 0 aromatic heterocycles. The van der Waals surface area contributed by atoms with Crippen molar-refractivity contribution in [2.24, 2.45) is 11.7 Å². The van der Waals surface area contributed by atoms with E-state index in [2.05, 4.69) is 26.0 Å². The Hall–Kier alpha value is -1.55. The second kappa shape index (κ2) is 7.14. The fourth-order valence-electron chi connectivity index (χ4n) is 2.84. The first kappa shape index (κ1) is 16.8. The van der Waals surface area contributed by atoms with Crippen LogP contribution in [-0.2, 0) is 4.79 Å². The lowest BCUT2D eigenvalue weighted by Crippen LogP contribution is -2.50. The minimum absolute atomic E-state index is 0.0699. The molecule has 4 nitrogen and oxygen atoms in total. The van der Waals surface area contributed by atoms with Gasteiger partial charge in [-0.15, -0.1) is 0 Å². The summed E-state index contributed by atoms with van der Waals surface area (Å²) in [6.45, 7) is 9.58. The molecule has 0 unspecified atom stereocenters. The first-order chi connectivity index (χ1) is 10.4. The zero-order valence-electron chi connectivity index (χ0n) is 14.1. The van der Waals surface area contributed by atoms with Crippen LogP contribution in [0.4, 0.5) is 0 Å². The monoisotopic (exact) mass is 304 g/mol. The molecule has 1 fully saturated rings. The third-order valence-corrected chi connectivity index (χ3v) is 4.45. The Morgan fingerprint density at radius 2 is 1.77 bits per heavy atom. The van der Waals surface area contributed by atoms with Crippen LogP contribution in [-0.4, -0.2) is 36.0 Å². The fraction of sp³-hybridized carbons (Fsp3) is 0.611. The van der Waals surface area contributed by atoms with Crippen LogP contribution in [0, 0.1) is 19.8 Å². The lowest BCUT2D eigenvalue weighted by Gasteiger charge is -2.34. The predicted molar refractivity (Wildman–Crippen MR) is 89.0 cm³/mol. The SMILES string of the molecule is Cc1cccc(C)c1OC1CCN(C(=O)[C@H](N)C(C)C)CC1. The van der Waals surface area contributed by atoms with Crippen molar-refractivity contribution in [1.82, 2.24) is 4.90 Å². The molecule has 0 saturated carbocycles. The minimum Gasteiger partial charge on any atom is -0.490 e. The normalized spacial score (nSPS) is 17.6. The molecule has 4 heteroatoms. The third kappa shape index (κ3) is 3.80. The lowest BCUT2D eigenvalue weighted by atomic mass is 10.0. The molecule has 2 rings (SSSR count). The van der Waals surface area contributed by atoms with E-state index in [1.165, 1.54) is 11.1 Å². The molecule has 0 spiro atoms. The van der Waals surface area contributed by atoms with E-state index in [0.717, 1.165) is 31.7 Å². The molecule has 0 bridgehead atoms. The number of para-hydroxylation sites is 1. The molecule has 1 aromatic carbocycles. The lowest BCUT2D eigenvalue weighted by molar-refractivity contribution is -0.135. The Morgan fingerprint density at radius 3 is 2.27 bits per heavy atom. The number of ether oxygens (including phenoxy) is 1. The Labute approximate surface area is 133 Å². The number of nitrogens with two attached hydrogens (primary N) is 1. The van der Waals surface area contributed by atoms with Crippen molar-refractivity contribution in [2.45, 2.75) is 52.7 Å². The summed E-state index contributed by atoms with van der Waals surface area (Å²) in [5, 5.41) is 0. The highest BCUT2D eigenvalue weighted by atomic mass is 16.5. The first-order valence-electron chi connectivity index (χ1n) is 8.17. The second-order valence-corrected chi connectivity index (χ2v) is 6.63. The Morgan fingerprint density at radius 1 is 1.23 bits per heavy atom. The van der Waals surface area contributed by atoms with Crippen molar-refractivity contribution < 1.29 is 9.53 Å². The summed E-state index contributed by atoms with van der Waals surface area (Å²) in [6, 6.07) is 5.80. The van der Waals surface area contributed by atoms with Crippen LogP contribution in [0.25, 0.3) is 0 Å². The smallest absolute Gasteiger partial charge is 0.239 e. The number of carbonyl (C=O) groups excluding carboxylic acids is 1. The number of nitrogens with zero attached hydrogens (tertiary/aromatic N) is 1. The van der Waals surface area contributed by atoms with Crippen LogP contribution in [0.5, 0.6) is 5.75 Å². The molecule has 22 heavy (non-hydrogen) atoms. The van der Waals surface area contributed by atoms with Crippen molar-refractivity contribution in [3.63, 3.8) is 0 Å². The Bertz CT molecular complexity index is 500. The molecule has 1 saturated heterocycles. The zero-order chi connectivity index (χ0) is 16.3. The maximum Gasteiger partial charge on any atom is 0.239 e. The molecular formula is C18H28N2O2. The number of benzene rings is 1. The van der Waals surface area contributed by atoms with Crippen LogP contribution < -0.4 is 10.5 Å². The minimum atomic E-state index is -0.393. The van der Waals surface area contributed by atoms with Gasteiger partial charge in [0.25, 0.3) is 0 Å². The number of hydrogen-bond donors (Lipinski definition) is 1. The van der Waals surface area contributed by atoms with E-state index in [4.69, 9.17) is 10.5 Å². The van der Waals surface area contributed by atoms with Crippen LogP contribution >= 0.6 is 0 Å². The molecule has 1 heterocycles. The molecule has 0 radical (unpaired) electrons. The van der Waals surface area contributed by atoms with Gasteiger partial charge in [0.15, 0.2) is 0 Å². The van der Waals surface area contributed by atoms with Gasteiger partial charge in [-0.05, 0) is 30.9 Å². The molecular weight excluding hydrogens is 276 g/mol. The van der Waals surface area contributed by atoms with E-state index in [0.29, 0.717) is 0 Å². The molecule has 1 aliphatic rings. The number of likely N-dealkylation sites (tertiary alicyclic amines) is 1. The van der Waals surface area contributed by atoms with Gasteiger partial charge in [0.1, 0.15) is 11.9 Å². The Balaban J connectivity index is 1.91. The average molecular weight is 304 g/mol. The molecule has 1 aliphatic heterocycles. The number of amides is 1. The van der Waals surface area contributed by atoms with Gasteiger partial charge in [-0.2, -0.15) is 0 Å².